The molecule has 1 heterocycles. The number of primary amides is 2. The smallest absolute Gasteiger partial charge is 0.326 e. The molecule has 0 unspecified atom stereocenters. The number of carboxylic acids is 2. The number of carbonyl (C=O) groups is 12. The zero-order valence-electron chi connectivity index (χ0n) is 42.1. The zero-order chi connectivity index (χ0) is 57.5. The van der Waals surface area contributed by atoms with Gasteiger partial charge in [-0.15, -0.1) is 0 Å². The summed E-state index contributed by atoms with van der Waals surface area (Å²) in [5.74, 6) is -13.4. The van der Waals surface area contributed by atoms with E-state index in [1.807, 2.05) is 0 Å². The molecule has 3 rings (SSSR count). The van der Waals surface area contributed by atoms with Crippen LogP contribution < -0.4 is 60.2 Å². The molecule has 10 amide bonds. The molecule has 2 aromatic rings. The number of nitrogens with one attached hydrogen (secondary N) is 7. The van der Waals surface area contributed by atoms with E-state index >= 15 is 0 Å². The van der Waals surface area contributed by atoms with E-state index in [1.165, 1.54) is 48.5 Å². The van der Waals surface area contributed by atoms with Gasteiger partial charge in [0.05, 0.1) is 31.5 Å². The molecule has 422 valence electrons. The van der Waals surface area contributed by atoms with Crippen molar-refractivity contribution in [3.05, 3.63) is 59.7 Å². The molecule has 0 radical (unpaired) electrons. The molecule has 0 aromatic heterocycles. The summed E-state index contributed by atoms with van der Waals surface area (Å²) in [6.07, 6.45) is -4.09. The number of benzene rings is 2. The molecule has 0 spiro atoms. The highest BCUT2D eigenvalue weighted by Gasteiger charge is 2.41. The maximum absolute atomic E-state index is 14.3. The Morgan fingerprint density at radius 2 is 1.14 bits per heavy atom. The first kappa shape index (κ1) is 62.9. The minimum Gasteiger partial charge on any atom is -0.508 e. The van der Waals surface area contributed by atoms with Crippen LogP contribution in [0.1, 0.15) is 75.8 Å². The van der Waals surface area contributed by atoms with E-state index in [-0.39, 0.29) is 56.7 Å². The van der Waals surface area contributed by atoms with Crippen molar-refractivity contribution in [1.82, 2.24) is 42.1 Å². The molecule has 0 aliphatic carbocycles. The second kappa shape index (κ2) is 30.8. The highest BCUT2D eigenvalue weighted by molar-refractivity contribution is 5.99. The molecule has 1 saturated heterocycles. The van der Waals surface area contributed by atoms with Gasteiger partial charge in [0.25, 0.3) is 0 Å². The number of rotatable bonds is 32. The number of hydrogen-bond acceptors (Lipinski definition) is 17. The largest absolute Gasteiger partial charge is 0.508 e. The molecule has 77 heavy (non-hydrogen) atoms. The SMILES string of the molecule is C[C@@H](O)[C@H](NC(=O)[C@@H]1CCCN1C(=O)[C@H](CC(N)=O)NC(=O)[C@H](CCC(=O)O)NC(=O)[C@H](Cc1ccc(O)cc1)NC(=O)CNC(=O)[C@@H](N)CC(N)=O)C(=O)N[C@@H](Cc1ccc(O)cc1)C(=O)N[C@@H](CCCCN)C(=O)O. The third kappa shape index (κ3) is 21.4. The molecule has 1 aliphatic rings. The first-order valence-corrected chi connectivity index (χ1v) is 24.4. The molecule has 29 heteroatoms. The van der Waals surface area contributed by atoms with Gasteiger partial charge in [-0.1, -0.05) is 24.3 Å². The van der Waals surface area contributed by atoms with Gasteiger partial charge in [-0.05, 0) is 87.4 Å². The maximum Gasteiger partial charge on any atom is 0.326 e. The standard InChI is InChI=1S/C48H68N12O17/c1-24(61)40(46(74)57-33(20-26-9-13-28(63)14-10-26)44(72)56-31(48(76)77)5-2-3-17-49)59-45(73)35-6-4-18-60(35)47(75)34(22-37(52)65)58-42(70)30(15-16-39(67)68)55-43(71)32(19-25-7-11-27(62)12-8-25)54-38(66)23-53-41(69)29(50)21-36(51)64/h7-14,24,29-35,40,61-63H,2-6,15-23,49-50H2,1H3,(H2,51,64)(H2,52,65)(H,53,69)(H,54,66)(H,55,71)(H,56,72)(H,57,74)(H,58,70)(H,59,73)(H,67,68)(H,76,77)/t24-,29+,30+,31+,32+,33+,34+,35+,40+/m1/s1. The van der Waals surface area contributed by atoms with Crippen LogP contribution in [0.3, 0.4) is 0 Å². The quantitative estimate of drug-likeness (QED) is 0.0304. The van der Waals surface area contributed by atoms with Crippen LogP contribution in [0.4, 0.5) is 0 Å². The van der Waals surface area contributed by atoms with E-state index in [2.05, 4.69) is 37.2 Å². The average Bonchev–Trinajstić information content (AvgIpc) is 3.86. The summed E-state index contributed by atoms with van der Waals surface area (Å²) < 4.78 is 0. The van der Waals surface area contributed by atoms with Crippen molar-refractivity contribution < 1.29 is 83.1 Å². The van der Waals surface area contributed by atoms with Crippen molar-refractivity contribution in [1.29, 1.82) is 0 Å². The van der Waals surface area contributed by atoms with Crippen LogP contribution in [0.25, 0.3) is 0 Å². The molecule has 1 fully saturated rings. The Morgan fingerprint density at radius 3 is 1.65 bits per heavy atom. The van der Waals surface area contributed by atoms with Gasteiger partial charge in [0, 0.05) is 25.8 Å². The molecule has 0 bridgehead atoms. The van der Waals surface area contributed by atoms with Crippen LogP contribution in [-0.2, 0) is 70.4 Å². The molecular formula is C48H68N12O17. The summed E-state index contributed by atoms with van der Waals surface area (Å²) in [4.78, 5) is 157. The fourth-order valence-corrected chi connectivity index (χ4v) is 7.93. The van der Waals surface area contributed by atoms with Gasteiger partial charge in [-0.25, -0.2) is 4.79 Å². The summed E-state index contributed by atoms with van der Waals surface area (Å²) in [6, 6.07) is -1.85. The minimum absolute atomic E-state index is 0.00204. The van der Waals surface area contributed by atoms with E-state index in [9.17, 15) is 83.1 Å². The fraction of sp³-hybridized carbons (Fsp3) is 0.500. The number of nitrogens with zero attached hydrogens (tertiary/aromatic N) is 1. The van der Waals surface area contributed by atoms with Crippen LogP contribution >= 0.6 is 0 Å². The Morgan fingerprint density at radius 1 is 0.636 bits per heavy atom. The number of carbonyl (C=O) groups excluding carboxylic acids is 10. The number of likely N-dealkylation sites (tertiary alicyclic amines) is 1. The van der Waals surface area contributed by atoms with Crippen LogP contribution in [0.5, 0.6) is 11.5 Å². The van der Waals surface area contributed by atoms with Gasteiger partial charge in [0.2, 0.25) is 59.1 Å². The molecule has 2 aromatic carbocycles. The minimum atomic E-state index is -1.85. The van der Waals surface area contributed by atoms with E-state index in [4.69, 9.17) is 22.9 Å². The topological polar surface area (TPSA) is 498 Å². The molecular weight excluding hydrogens is 1020 g/mol. The number of carboxylic acid groups (broad SMARTS) is 2. The van der Waals surface area contributed by atoms with E-state index in [0.717, 1.165) is 11.8 Å². The van der Waals surface area contributed by atoms with E-state index < -0.39 is 158 Å². The number of phenolic OH excluding ortho intramolecular Hbond substituents is 2. The van der Waals surface area contributed by atoms with Crippen molar-refractivity contribution in [3.63, 3.8) is 0 Å². The Balaban J connectivity index is 1.86. The predicted octanol–water partition coefficient (Wildman–Crippen LogP) is -5.56. The van der Waals surface area contributed by atoms with E-state index in [0.29, 0.717) is 24.0 Å². The molecule has 20 N–H and O–H groups in total. The highest BCUT2D eigenvalue weighted by atomic mass is 16.4. The number of aliphatic hydroxyl groups is 1. The first-order valence-electron chi connectivity index (χ1n) is 24.4. The molecule has 9 atom stereocenters. The Kier molecular flexibility index (Phi) is 25.2. The predicted molar refractivity (Wildman–Crippen MR) is 268 cm³/mol. The van der Waals surface area contributed by atoms with Gasteiger partial charge >= 0.3 is 11.9 Å². The van der Waals surface area contributed by atoms with Gasteiger partial charge < -0.3 is 90.6 Å². The number of nitrogens with two attached hydrogens (primary N) is 4. The Bertz CT molecular complexity index is 2440. The number of hydrogen-bond donors (Lipinski definition) is 16. The molecule has 0 saturated carbocycles. The number of aliphatic hydroxyl groups excluding tert-OH is 1. The van der Waals surface area contributed by atoms with Gasteiger partial charge in [0.15, 0.2) is 0 Å². The van der Waals surface area contributed by atoms with Crippen molar-refractivity contribution in [2.75, 3.05) is 19.6 Å². The first-order chi connectivity index (χ1) is 36.3. The average molecular weight is 1090 g/mol. The molecule has 29 nitrogen and oxygen atoms in total. The van der Waals surface area contributed by atoms with Crippen LogP contribution in [-0.4, -0.2) is 176 Å². The van der Waals surface area contributed by atoms with E-state index in [1.54, 1.807) is 0 Å². The zero-order valence-corrected chi connectivity index (χ0v) is 42.1. The maximum atomic E-state index is 14.3. The van der Waals surface area contributed by atoms with Crippen molar-refractivity contribution >= 4 is 71.0 Å². The second-order valence-corrected chi connectivity index (χ2v) is 18.2. The summed E-state index contributed by atoms with van der Waals surface area (Å²) in [7, 11) is 0. The number of unbranched alkanes of at least 4 members (excludes halogenated alkanes) is 1. The lowest BCUT2D eigenvalue weighted by atomic mass is 10.0. The molecule has 1 aliphatic heterocycles. The van der Waals surface area contributed by atoms with Gasteiger partial charge in [-0.2, -0.15) is 0 Å². The van der Waals surface area contributed by atoms with Crippen molar-refractivity contribution in [3.8, 4) is 11.5 Å². The Labute approximate surface area is 440 Å². The lowest BCUT2D eigenvalue weighted by molar-refractivity contribution is -0.144. The van der Waals surface area contributed by atoms with Crippen LogP contribution in [0, 0.1) is 0 Å². The summed E-state index contributed by atoms with van der Waals surface area (Å²) in [6.45, 7) is 0.490. The van der Waals surface area contributed by atoms with Crippen molar-refractivity contribution in [2.24, 2.45) is 22.9 Å². The summed E-state index contributed by atoms with van der Waals surface area (Å²) in [5.41, 5.74) is 22.5. The lowest BCUT2D eigenvalue weighted by Crippen LogP contribution is -2.61. The van der Waals surface area contributed by atoms with Gasteiger partial charge in [-0.3, -0.25) is 52.7 Å². The van der Waals surface area contributed by atoms with Crippen molar-refractivity contribution in [2.45, 2.75) is 132 Å². The third-order valence-electron chi connectivity index (χ3n) is 12.0. The number of aliphatic carboxylic acids is 2. The summed E-state index contributed by atoms with van der Waals surface area (Å²) in [5, 5.41) is 66.1. The van der Waals surface area contributed by atoms with Crippen LogP contribution in [0.2, 0.25) is 0 Å². The normalized spacial score (nSPS) is 16.1. The number of amides is 10. The Hall–Kier alpha value is -8.44. The lowest BCUT2D eigenvalue weighted by Gasteiger charge is -2.31. The summed E-state index contributed by atoms with van der Waals surface area (Å²) >= 11 is 0. The number of aromatic hydroxyl groups is 2. The highest BCUT2D eigenvalue weighted by Crippen LogP contribution is 2.21. The fourth-order valence-electron chi connectivity index (χ4n) is 7.93. The van der Waals surface area contributed by atoms with Gasteiger partial charge in [0.1, 0.15) is 53.8 Å². The second-order valence-electron chi connectivity index (χ2n) is 18.2. The van der Waals surface area contributed by atoms with Crippen LogP contribution in [0.15, 0.2) is 48.5 Å². The monoisotopic (exact) mass is 1080 g/mol. The third-order valence-corrected chi connectivity index (χ3v) is 12.0. The number of phenols is 2.